The summed E-state index contributed by atoms with van der Waals surface area (Å²) in [4.78, 5) is 21.4. The summed E-state index contributed by atoms with van der Waals surface area (Å²) in [6.45, 7) is 4.41. The number of carbonyl (C=O) groups excluding carboxylic acids is 2. The van der Waals surface area contributed by atoms with Crippen molar-refractivity contribution in [2.75, 3.05) is 14.2 Å². The van der Waals surface area contributed by atoms with Gasteiger partial charge in [0.15, 0.2) is 0 Å². The molecule has 0 aromatic heterocycles. The largest absolute Gasteiger partial charge is 0.469 e. The number of ether oxygens (including phenoxy) is 2. The lowest BCUT2D eigenvalue weighted by Crippen LogP contribution is -1.98. The predicted molar refractivity (Wildman–Crippen MR) is 100 cm³/mol. The summed E-state index contributed by atoms with van der Waals surface area (Å²) in [7, 11) is 2.89. The Morgan fingerprint density at radius 2 is 0.833 bits per heavy atom. The number of rotatable bonds is 14. The van der Waals surface area contributed by atoms with E-state index in [0.29, 0.717) is 12.8 Å². The van der Waals surface area contributed by atoms with Crippen molar-refractivity contribution in [3.05, 3.63) is 0 Å². The first-order valence-electron chi connectivity index (χ1n) is 9.75. The van der Waals surface area contributed by atoms with Crippen LogP contribution in [0.25, 0.3) is 0 Å². The van der Waals surface area contributed by atoms with Crippen LogP contribution in [0.1, 0.15) is 104 Å². The van der Waals surface area contributed by atoms with Gasteiger partial charge in [-0.1, -0.05) is 78.1 Å². The van der Waals surface area contributed by atoms with Gasteiger partial charge >= 0.3 is 11.9 Å². The van der Waals surface area contributed by atoms with Crippen LogP contribution in [0.4, 0.5) is 0 Å². The summed E-state index contributed by atoms with van der Waals surface area (Å²) in [5, 5.41) is 0. The summed E-state index contributed by atoms with van der Waals surface area (Å²) in [5.74, 6) is -0.156. The van der Waals surface area contributed by atoms with Crippen LogP contribution in [0.15, 0.2) is 0 Å². The third-order valence-electron chi connectivity index (χ3n) is 3.92. The van der Waals surface area contributed by atoms with Crippen molar-refractivity contribution in [1.29, 1.82) is 0 Å². The molecule has 0 aliphatic rings. The Kier molecular flexibility index (Phi) is 23.0. The van der Waals surface area contributed by atoms with Gasteiger partial charge in [-0.15, -0.1) is 0 Å². The Hall–Kier alpha value is -1.06. The van der Waals surface area contributed by atoms with Gasteiger partial charge in [0, 0.05) is 12.8 Å². The highest BCUT2D eigenvalue weighted by molar-refractivity contribution is 5.69. The minimum atomic E-state index is -0.0782. The van der Waals surface area contributed by atoms with Crippen molar-refractivity contribution in [3.8, 4) is 0 Å². The Morgan fingerprint density at radius 1 is 0.542 bits per heavy atom. The molecule has 0 spiro atoms. The SMILES string of the molecule is CCCCCCCCC(=O)OC.CCCCCCCCC(=O)OC. The van der Waals surface area contributed by atoms with Gasteiger partial charge in [-0.3, -0.25) is 9.59 Å². The van der Waals surface area contributed by atoms with Crippen LogP contribution < -0.4 is 0 Å². The maximum Gasteiger partial charge on any atom is 0.305 e. The normalized spacial score (nSPS) is 9.83. The molecule has 0 amide bonds. The first-order valence-corrected chi connectivity index (χ1v) is 9.75. The molecule has 144 valence electrons. The Morgan fingerprint density at radius 3 is 1.12 bits per heavy atom. The topological polar surface area (TPSA) is 52.6 Å². The molecule has 0 N–H and O–H groups in total. The summed E-state index contributed by atoms with van der Waals surface area (Å²) in [6.07, 6.45) is 15.8. The molecule has 4 nitrogen and oxygen atoms in total. The number of unbranched alkanes of at least 4 members (excludes halogenated alkanes) is 10. The average Bonchev–Trinajstić information content (AvgIpc) is 2.61. The van der Waals surface area contributed by atoms with Crippen molar-refractivity contribution >= 4 is 11.9 Å². The highest BCUT2D eigenvalue weighted by Crippen LogP contribution is 2.07. The van der Waals surface area contributed by atoms with E-state index in [9.17, 15) is 9.59 Å². The molecule has 0 atom stereocenters. The summed E-state index contributed by atoms with van der Waals surface area (Å²) in [6, 6.07) is 0. The molecule has 0 aromatic carbocycles. The van der Waals surface area contributed by atoms with Crippen molar-refractivity contribution < 1.29 is 19.1 Å². The molecule has 0 aliphatic carbocycles. The van der Waals surface area contributed by atoms with Crippen molar-refractivity contribution in [2.24, 2.45) is 0 Å². The van der Waals surface area contributed by atoms with Crippen molar-refractivity contribution in [3.63, 3.8) is 0 Å². The zero-order valence-electron chi connectivity index (χ0n) is 16.5. The van der Waals surface area contributed by atoms with E-state index in [2.05, 4.69) is 23.3 Å². The molecule has 0 rings (SSSR count). The molecule has 0 fully saturated rings. The van der Waals surface area contributed by atoms with Crippen LogP contribution in [0.3, 0.4) is 0 Å². The van der Waals surface area contributed by atoms with Crippen LogP contribution in [0.5, 0.6) is 0 Å². The Bertz CT molecular complexity index is 249. The van der Waals surface area contributed by atoms with Gasteiger partial charge in [-0.2, -0.15) is 0 Å². The highest BCUT2D eigenvalue weighted by atomic mass is 16.5. The van der Waals surface area contributed by atoms with E-state index < -0.39 is 0 Å². The van der Waals surface area contributed by atoms with Crippen molar-refractivity contribution in [1.82, 2.24) is 0 Å². The molecular formula is C20H40O4. The van der Waals surface area contributed by atoms with Crippen LogP contribution in [-0.2, 0) is 19.1 Å². The lowest BCUT2D eigenvalue weighted by atomic mass is 10.1. The smallest absolute Gasteiger partial charge is 0.305 e. The van der Waals surface area contributed by atoms with E-state index in [0.717, 1.165) is 25.7 Å². The molecule has 24 heavy (non-hydrogen) atoms. The summed E-state index contributed by atoms with van der Waals surface area (Å²) >= 11 is 0. The minimum Gasteiger partial charge on any atom is -0.469 e. The first kappa shape index (κ1) is 25.2. The lowest BCUT2D eigenvalue weighted by molar-refractivity contribution is -0.141. The molecule has 0 saturated carbocycles. The number of methoxy groups -OCH3 is 2. The minimum absolute atomic E-state index is 0.0782. The zero-order chi connectivity index (χ0) is 18.5. The third-order valence-corrected chi connectivity index (χ3v) is 3.92. The van der Waals surface area contributed by atoms with E-state index >= 15 is 0 Å². The third kappa shape index (κ3) is 23.2. The lowest BCUT2D eigenvalue weighted by Gasteiger charge is -1.99. The Labute approximate surface area is 149 Å². The molecular weight excluding hydrogens is 304 g/mol. The second-order valence-electron chi connectivity index (χ2n) is 6.19. The van der Waals surface area contributed by atoms with Gasteiger partial charge in [0.05, 0.1) is 14.2 Å². The number of esters is 2. The van der Waals surface area contributed by atoms with Gasteiger partial charge in [-0.25, -0.2) is 0 Å². The molecule has 0 unspecified atom stereocenters. The van der Waals surface area contributed by atoms with E-state index in [-0.39, 0.29) is 11.9 Å². The fraction of sp³-hybridized carbons (Fsp3) is 0.900. The quantitative estimate of drug-likeness (QED) is 0.294. The summed E-state index contributed by atoms with van der Waals surface area (Å²) in [5.41, 5.74) is 0. The highest BCUT2D eigenvalue weighted by Gasteiger charge is 1.99. The van der Waals surface area contributed by atoms with E-state index in [1.165, 1.54) is 65.6 Å². The monoisotopic (exact) mass is 344 g/mol. The second-order valence-corrected chi connectivity index (χ2v) is 6.19. The van der Waals surface area contributed by atoms with Crippen LogP contribution >= 0.6 is 0 Å². The van der Waals surface area contributed by atoms with Crippen LogP contribution in [0.2, 0.25) is 0 Å². The molecule has 0 aromatic rings. The van der Waals surface area contributed by atoms with E-state index in [1.807, 2.05) is 0 Å². The maximum atomic E-state index is 10.7. The van der Waals surface area contributed by atoms with Crippen molar-refractivity contribution in [2.45, 2.75) is 104 Å². The standard InChI is InChI=1S/2C10H20O2/c2*1-3-4-5-6-7-8-9-10(11)12-2/h2*3-9H2,1-2H3. The average molecular weight is 345 g/mol. The number of hydrogen-bond acceptors (Lipinski definition) is 4. The van der Waals surface area contributed by atoms with Gasteiger partial charge < -0.3 is 9.47 Å². The van der Waals surface area contributed by atoms with E-state index in [1.54, 1.807) is 0 Å². The van der Waals surface area contributed by atoms with Crippen LogP contribution in [0, 0.1) is 0 Å². The zero-order valence-corrected chi connectivity index (χ0v) is 16.5. The summed E-state index contributed by atoms with van der Waals surface area (Å²) < 4.78 is 9.08. The first-order chi connectivity index (χ1) is 11.6. The molecule has 0 aliphatic heterocycles. The number of carbonyl (C=O) groups is 2. The van der Waals surface area contributed by atoms with Crippen LogP contribution in [-0.4, -0.2) is 26.2 Å². The van der Waals surface area contributed by atoms with Gasteiger partial charge in [0.1, 0.15) is 0 Å². The fourth-order valence-corrected chi connectivity index (χ4v) is 2.30. The Balaban J connectivity index is 0. The predicted octanol–water partition coefficient (Wildman–Crippen LogP) is 5.82. The van der Waals surface area contributed by atoms with Gasteiger partial charge in [-0.05, 0) is 12.8 Å². The second kappa shape index (κ2) is 21.9. The molecule has 0 radical (unpaired) electrons. The molecule has 4 heteroatoms. The van der Waals surface area contributed by atoms with E-state index in [4.69, 9.17) is 0 Å². The molecule has 0 bridgehead atoms. The fourth-order valence-electron chi connectivity index (χ4n) is 2.30. The van der Waals surface area contributed by atoms with Gasteiger partial charge in [0.2, 0.25) is 0 Å². The molecule has 0 saturated heterocycles. The maximum absolute atomic E-state index is 10.7. The van der Waals surface area contributed by atoms with Gasteiger partial charge in [0.25, 0.3) is 0 Å². The molecule has 0 heterocycles. The number of hydrogen-bond donors (Lipinski definition) is 0.